The number of hydrogen-bond acceptors (Lipinski definition) is 3. The van der Waals surface area contributed by atoms with Crippen LogP contribution in [0.2, 0.25) is 0 Å². The summed E-state index contributed by atoms with van der Waals surface area (Å²) in [6.07, 6.45) is 5.90. The van der Waals surface area contributed by atoms with Crippen molar-refractivity contribution in [1.82, 2.24) is 4.90 Å². The second-order valence-corrected chi connectivity index (χ2v) is 5.81. The number of carboxylic acids is 1. The molecular formula is C17H25NO3. The van der Waals surface area contributed by atoms with Crippen LogP contribution in [0.25, 0.3) is 0 Å². The number of hydrogen-bond donors (Lipinski definition) is 2. The van der Waals surface area contributed by atoms with E-state index >= 15 is 0 Å². The summed E-state index contributed by atoms with van der Waals surface area (Å²) in [6.45, 7) is 1.11. The minimum atomic E-state index is -0.792. The zero-order valence-electron chi connectivity index (χ0n) is 12.4. The molecule has 21 heavy (non-hydrogen) atoms. The van der Waals surface area contributed by atoms with E-state index in [2.05, 4.69) is 4.90 Å². The average molecular weight is 291 g/mol. The van der Waals surface area contributed by atoms with E-state index in [1.54, 1.807) is 0 Å². The first-order valence-corrected chi connectivity index (χ1v) is 7.85. The maximum Gasteiger partial charge on any atom is 0.312 e. The van der Waals surface area contributed by atoms with E-state index in [0.29, 0.717) is 19.1 Å². The van der Waals surface area contributed by atoms with Crippen LogP contribution in [0.5, 0.6) is 0 Å². The second kappa shape index (κ2) is 8.15. The Kier molecular flexibility index (Phi) is 6.21. The van der Waals surface area contributed by atoms with Crippen LogP contribution in [0.4, 0.5) is 0 Å². The van der Waals surface area contributed by atoms with E-state index in [9.17, 15) is 15.0 Å². The van der Waals surface area contributed by atoms with E-state index in [-0.39, 0.29) is 6.61 Å². The zero-order valence-corrected chi connectivity index (χ0v) is 12.4. The fourth-order valence-electron chi connectivity index (χ4n) is 3.24. The molecule has 1 aliphatic rings. The molecule has 0 amide bonds. The summed E-state index contributed by atoms with van der Waals surface area (Å²) in [5, 5.41) is 18.9. The molecule has 0 spiro atoms. The van der Waals surface area contributed by atoms with Gasteiger partial charge in [-0.05, 0) is 18.4 Å². The van der Waals surface area contributed by atoms with E-state index in [4.69, 9.17) is 0 Å². The molecule has 0 radical (unpaired) electrons. The molecule has 1 saturated carbocycles. The molecule has 1 aliphatic carbocycles. The molecule has 1 aromatic rings. The minimum absolute atomic E-state index is 0.0810. The summed E-state index contributed by atoms with van der Waals surface area (Å²) >= 11 is 0. The molecular weight excluding hydrogens is 266 g/mol. The third-order valence-corrected chi connectivity index (χ3v) is 4.40. The van der Waals surface area contributed by atoms with Gasteiger partial charge in [-0.3, -0.25) is 9.69 Å². The summed E-state index contributed by atoms with van der Waals surface area (Å²) < 4.78 is 0. The summed E-state index contributed by atoms with van der Waals surface area (Å²) in [6, 6.07) is 9.81. The lowest BCUT2D eigenvalue weighted by molar-refractivity contribution is -0.139. The standard InChI is InChI=1S/C17H25NO3/c19-12-11-18(15-9-5-2-6-10-15)13-16(17(20)21)14-7-3-1-4-8-14/h1,3-4,7-8,15-16,19H,2,5-6,9-13H2,(H,20,21). The highest BCUT2D eigenvalue weighted by Gasteiger charge is 2.27. The molecule has 0 aromatic heterocycles. The topological polar surface area (TPSA) is 60.8 Å². The van der Waals surface area contributed by atoms with E-state index in [0.717, 1.165) is 18.4 Å². The first-order chi connectivity index (χ1) is 10.2. The first-order valence-electron chi connectivity index (χ1n) is 7.85. The fraction of sp³-hybridized carbons (Fsp3) is 0.588. The van der Waals surface area contributed by atoms with Gasteiger partial charge in [-0.25, -0.2) is 0 Å². The van der Waals surface area contributed by atoms with Crippen molar-refractivity contribution in [2.24, 2.45) is 0 Å². The summed E-state index contributed by atoms with van der Waals surface area (Å²) in [5.74, 6) is -1.32. The van der Waals surface area contributed by atoms with Gasteiger partial charge in [-0.15, -0.1) is 0 Å². The number of carboxylic acid groups (broad SMARTS) is 1. The van der Waals surface area contributed by atoms with Crippen LogP contribution in [0.15, 0.2) is 30.3 Å². The number of carbonyl (C=O) groups is 1. The Bertz CT molecular complexity index is 429. The van der Waals surface area contributed by atoms with Crippen LogP contribution in [0.3, 0.4) is 0 Å². The smallest absolute Gasteiger partial charge is 0.312 e. The highest BCUT2D eigenvalue weighted by atomic mass is 16.4. The highest BCUT2D eigenvalue weighted by molar-refractivity contribution is 5.76. The normalized spacial score (nSPS) is 17.8. The Hall–Kier alpha value is -1.39. The number of rotatable bonds is 7. The van der Waals surface area contributed by atoms with Gasteiger partial charge in [0.2, 0.25) is 0 Å². The Morgan fingerprint density at radius 3 is 2.43 bits per heavy atom. The number of aliphatic hydroxyl groups excluding tert-OH is 1. The number of aliphatic hydroxyl groups is 1. The van der Waals surface area contributed by atoms with Crippen molar-refractivity contribution in [2.75, 3.05) is 19.7 Å². The number of benzene rings is 1. The van der Waals surface area contributed by atoms with Crippen molar-refractivity contribution in [2.45, 2.75) is 44.1 Å². The molecule has 4 heteroatoms. The van der Waals surface area contributed by atoms with Gasteiger partial charge < -0.3 is 10.2 Å². The molecule has 1 atom stereocenters. The molecule has 2 rings (SSSR count). The van der Waals surface area contributed by atoms with Crippen LogP contribution < -0.4 is 0 Å². The van der Waals surface area contributed by atoms with Crippen molar-refractivity contribution in [1.29, 1.82) is 0 Å². The average Bonchev–Trinajstić information content (AvgIpc) is 2.52. The van der Waals surface area contributed by atoms with Crippen LogP contribution in [-0.2, 0) is 4.79 Å². The summed E-state index contributed by atoms with van der Waals surface area (Å²) in [5.41, 5.74) is 0.837. The van der Waals surface area contributed by atoms with Crippen molar-refractivity contribution < 1.29 is 15.0 Å². The molecule has 1 unspecified atom stereocenters. The van der Waals surface area contributed by atoms with Crippen LogP contribution in [0.1, 0.15) is 43.6 Å². The lowest BCUT2D eigenvalue weighted by Gasteiger charge is -2.35. The molecule has 0 bridgehead atoms. The Balaban J connectivity index is 2.10. The molecule has 4 nitrogen and oxygen atoms in total. The molecule has 116 valence electrons. The van der Waals surface area contributed by atoms with Gasteiger partial charge in [-0.2, -0.15) is 0 Å². The Labute approximate surface area is 126 Å². The fourth-order valence-corrected chi connectivity index (χ4v) is 3.24. The van der Waals surface area contributed by atoms with Crippen molar-refractivity contribution in [3.05, 3.63) is 35.9 Å². The Morgan fingerprint density at radius 2 is 1.86 bits per heavy atom. The van der Waals surface area contributed by atoms with Gasteiger partial charge in [-0.1, -0.05) is 49.6 Å². The number of aliphatic carboxylic acids is 1. The van der Waals surface area contributed by atoms with E-state index in [1.165, 1.54) is 19.3 Å². The van der Waals surface area contributed by atoms with Crippen LogP contribution in [0, 0.1) is 0 Å². The maximum absolute atomic E-state index is 11.6. The van der Waals surface area contributed by atoms with Crippen LogP contribution >= 0.6 is 0 Å². The predicted octanol–water partition coefficient (Wildman–Crippen LogP) is 2.48. The molecule has 0 saturated heterocycles. The zero-order chi connectivity index (χ0) is 15.1. The SMILES string of the molecule is O=C(O)C(CN(CCO)C1CCCCC1)c1ccccc1. The largest absolute Gasteiger partial charge is 0.481 e. The van der Waals surface area contributed by atoms with Crippen molar-refractivity contribution >= 4 is 5.97 Å². The van der Waals surface area contributed by atoms with Gasteiger partial charge in [0.15, 0.2) is 0 Å². The van der Waals surface area contributed by atoms with Gasteiger partial charge in [0.05, 0.1) is 12.5 Å². The lowest BCUT2D eigenvalue weighted by Crippen LogP contribution is -2.42. The predicted molar refractivity (Wildman–Crippen MR) is 82.4 cm³/mol. The van der Waals surface area contributed by atoms with Gasteiger partial charge in [0, 0.05) is 19.1 Å². The molecule has 0 aliphatic heterocycles. The molecule has 1 aromatic carbocycles. The van der Waals surface area contributed by atoms with Gasteiger partial charge >= 0.3 is 5.97 Å². The molecule has 1 fully saturated rings. The molecule has 0 heterocycles. The second-order valence-electron chi connectivity index (χ2n) is 5.81. The summed E-state index contributed by atoms with van der Waals surface area (Å²) in [4.78, 5) is 13.8. The highest BCUT2D eigenvalue weighted by Crippen LogP contribution is 2.25. The van der Waals surface area contributed by atoms with E-state index in [1.807, 2.05) is 30.3 Å². The van der Waals surface area contributed by atoms with Gasteiger partial charge in [0.25, 0.3) is 0 Å². The quantitative estimate of drug-likeness (QED) is 0.810. The van der Waals surface area contributed by atoms with E-state index < -0.39 is 11.9 Å². The van der Waals surface area contributed by atoms with Crippen molar-refractivity contribution in [3.63, 3.8) is 0 Å². The lowest BCUT2D eigenvalue weighted by atomic mass is 9.92. The third-order valence-electron chi connectivity index (χ3n) is 4.40. The number of nitrogens with zero attached hydrogens (tertiary/aromatic N) is 1. The van der Waals surface area contributed by atoms with Crippen LogP contribution in [-0.4, -0.2) is 46.8 Å². The monoisotopic (exact) mass is 291 g/mol. The third kappa shape index (κ3) is 4.55. The summed E-state index contributed by atoms with van der Waals surface area (Å²) in [7, 11) is 0. The maximum atomic E-state index is 11.6. The Morgan fingerprint density at radius 1 is 1.19 bits per heavy atom. The first kappa shape index (κ1) is 16.0. The van der Waals surface area contributed by atoms with Crippen molar-refractivity contribution in [3.8, 4) is 0 Å². The minimum Gasteiger partial charge on any atom is -0.481 e. The van der Waals surface area contributed by atoms with Gasteiger partial charge in [0.1, 0.15) is 0 Å². The molecule has 2 N–H and O–H groups in total.